The second kappa shape index (κ2) is 8.91. The van der Waals surface area contributed by atoms with Crippen LogP contribution in [0.4, 0.5) is 36.4 Å². The van der Waals surface area contributed by atoms with Gasteiger partial charge in [0.05, 0.1) is 16.6 Å². The minimum absolute atomic E-state index is 0.0686. The second-order valence-electron chi connectivity index (χ2n) is 8.20. The maximum absolute atomic E-state index is 14.5. The van der Waals surface area contributed by atoms with E-state index in [0.29, 0.717) is 17.2 Å². The van der Waals surface area contributed by atoms with Crippen LogP contribution in [0.2, 0.25) is 0 Å². The Labute approximate surface area is 201 Å². The average molecular weight is 530 g/mol. The van der Waals surface area contributed by atoms with Crippen molar-refractivity contribution in [3.05, 3.63) is 83.9 Å². The molecule has 1 aliphatic rings. The number of nitrogens with zero attached hydrogens (tertiary/aromatic N) is 2. The van der Waals surface area contributed by atoms with Crippen LogP contribution in [-0.2, 0) is 9.84 Å². The number of hydrogen-bond acceptors (Lipinski definition) is 4. The molecule has 0 amide bonds. The van der Waals surface area contributed by atoms with Gasteiger partial charge < -0.3 is 0 Å². The predicted molar refractivity (Wildman–Crippen MR) is 120 cm³/mol. The molecule has 190 valence electrons. The lowest BCUT2D eigenvalue weighted by Crippen LogP contribution is -2.43. The van der Waals surface area contributed by atoms with Crippen molar-refractivity contribution in [1.29, 1.82) is 0 Å². The van der Waals surface area contributed by atoms with Crippen LogP contribution in [0.1, 0.15) is 18.0 Å². The Kier molecular flexibility index (Phi) is 6.36. The van der Waals surface area contributed by atoms with Crippen LogP contribution in [-0.4, -0.2) is 32.5 Å². The summed E-state index contributed by atoms with van der Waals surface area (Å²) in [7, 11) is -3.48. The molecule has 0 fully saturated rings. The van der Waals surface area contributed by atoms with Gasteiger partial charge in [-0.3, -0.25) is 5.01 Å². The fraction of sp³-hybridized carbons (Fsp3) is 0.208. The molecule has 0 spiro atoms. The summed E-state index contributed by atoms with van der Waals surface area (Å²) in [5.41, 5.74) is -0.705. The summed E-state index contributed by atoms with van der Waals surface area (Å²) in [5.74, 6) is -7.32. The number of hydrazone groups is 1. The van der Waals surface area contributed by atoms with Crippen LogP contribution in [0, 0.1) is 11.6 Å². The largest absolute Gasteiger partial charge is 0.459 e. The molecule has 0 saturated heterocycles. The highest BCUT2D eigenvalue weighted by molar-refractivity contribution is 7.90. The van der Waals surface area contributed by atoms with E-state index in [1.807, 2.05) is 0 Å². The monoisotopic (exact) mass is 530 g/mol. The second-order valence-corrected chi connectivity index (χ2v) is 10.2. The number of alkyl halides is 5. The minimum atomic E-state index is -5.91. The Morgan fingerprint density at radius 1 is 0.889 bits per heavy atom. The lowest BCUT2D eigenvalue weighted by atomic mass is 9.98. The van der Waals surface area contributed by atoms with Gasteiger partial charge in [0.25, 0.3) is 0 Å². The molecule has 1 unspecified atom stereocenters. The Balaban J connectivity index is 1.75. The van der Waals surface area contributed by atoms with Gasteiger partial charge >= 0.3 is 12.1 Å². The number of anilines is 1. The molecule has 36 heavy (non-hydrogen) atoms. The van der Waals surface area contributed by atoms with Gasteiger partial charge in [-0.05, 0) is 41.5 Å². The predicted octanol–water partition coefficient (Wildman–Crippen LogP) is 6.54. The molecular formula is C24H17F7N2O2S. The first kappa shape index (κ1) is 25.7. The smallest absolute Gasteiger partial charge is 0.257 e. The zero-order chi connectivity index (χ0) is 26.5. The van der Waals surface area contributed by atoms with Gasteiger partial charge in [-0.25, -0.2) is 17.2 Å². The van der Waals surface area contributed by atoms with E-state index in [-0.39, 0.29) is 16.1 Å². The summed E-state index contributed by atoms with van der Waals surface area (Å²) in [6, 6.07) is 12.7. The Morgan fingerprint density at radius 2 is 1.56 bits per heavy atom. The highest BCUT2D eigenvalue weighted by Gasteiger charge is 2.63. The lowest BCUT2D eigenvalue weighted by Gasteiger charge is -2.24. The molecule has 0 saturated carbocycles. The van der Waals surface area contributed by atoms with E-state index in [9.17, 15) is 39.2 Å². The topological polar surface area (TPSA) is 49.7 Å². The lowest BCUT2D eigenvalue weighted by molar-refractivity contribution is -0.249. The van der Waals surface area contributed by atoms with Gasteiger partial charge in [-0.1, -0.05) is 30.3 Å². The SMILES string of the molecule is CS(=O)(=O)c1cccc(-c2ccc(N3N=C(C(F)(F)C(F)(F)F)CC3c3ccc(F)cc3F)cc2)c1. The van der Waals surface area contributed by atoms with Gasteiger partial charge in [0.15, 0.2) is 9.84 Å². The van der Waals surface area contributed by atoms with Gasteiger partial charge in [-0.15, -0.1) is 0 Å². The summed E-state index contributed by atoms with van der Waals surface area (Å²) in [4.78, 5) is 0.0686. The maximum Gasteiger partial charge on any atom is 0.459 e. The summed E-state index contributed by atoms with van der Waals surface area (Å²) >= 11 is 0. The van der Waals surface area contributed by atoms with E-state index in [1.54, 1.807) is 6.07 Å². The first-order valence-electron chi connectivity index (χ1n) is 10.4. The molecule has 0 aliphatic carbocycles. The average Bonchev–Trinajstić information content (AvgIpc) is 3.24. The van der Waals surface area contributed by atoms with E-state index in [1.165, 1.54) is 42.5 Å². The Morgan fingerprint density at radius 3 is 2.14 bits per heavy atom. The van der Waals surface area contributed by atoms with Gasteiger partial charge in [0.2, 0.25) is 0 Å². The third-order valence-corrected chi connectivity index (χ3v) is 6.79. The van der Waals surface area contributed by atoms with Crippen molar-refractivity contribution in [2.75, 3.05) is 11.3 Å². The number of halogens is 7. The van der Waals surface area contributed by atoms with Crippen LogP contribution >= 0.6 is 0 Å². The molecule has 0 aromatic heterocycles. The standard InChI is InChI=1S/C24H17F7N2O2S/c1-36(34,35)18-4-2-3-15(11-18)14-5-8-17(9-6-14)33-21(19-10-7-16(25)12-20(19)26)13-22(32-33)23(27,28)24(29,30)31/h2-12,21H,13H2,1H3. The first-order valence-corrected chi connectivity index (χ1v) is 12.2. The van der Waals surface area contributed by atoms with E-state index in [0.717, 1.165) is 23.4 Å². The van der Waals surface area contributed by atoms with E-state index in [4.69, 9.17) is 0 Å². The van der Waals surface area contributed by atoms with Crippen LogP contribution in [0.15, 0.2) is 76.7 Å². The minimum Gasteiger partial charge on any atom is -0.257 e. The van der Waals surface area contributed by atoms with Crippen molar-refractivity contribution < 1.29 is 39.2 Å². The Hall–Kier alpha value is -3.41. The van der Waals surface area contributed by atoms with Gasteiger partial charge in [0.1, 0.15) is 17.3 Å². The van der Waals surface area contributed by atoms with Gasteiger partial charge in [-0.2, -0.15) is 27.1 Å². The van der Waals surface area contributed by atoms with E-state index in [2.05, 4.69) is 5.10 Å². The molecule has 4 nitrogen and oxygen atoms in total. The van der Waals surface area contributed by atoms with Crippen LogP contribution in [0.25, 0.3) is 11.1 Å². The Bertz CT molecular complexity index is 1440. The van der Waals surface area contributed by atoms with Crippen LogP contribution in [0.3, 0.4) is 0 Å². The molecule has 0 N–H and O–H groups in total. The highest BCUT2D eigenvalue weighted by atomic mass is 32.2. The maximum atomic E-state index is 14.5. The van der Waals surface area contributed by atoms with E-state index >= 15 is 0 Å². The molecule has 3 aromatic carbocycles. The number of benzene rings is 3. The van der Waals surface area contributed by atoms with Crippen molar-refractivity contribution >= 4 is 21.2 Å². The number of hydrogen-bond donors (Lipinski definition) is 0. The molecule has 1 atom stereocenters. The third-order valence-electron chi connectivity index (χ3n) is 5.68. The summed E-state index contributed by atoms with van der Waals surface area (Å²) < 4.78 is 119. The molecular weight excluding hydrogens is 513 g/mol. The quantitative estimate of drug-likeness (QED) is 0.352. The summed E-state index contributed by atoms with van der Waals surface area (Å²) in [6.07, 6.45) is -5.82. The molecule has 0 bridgehead atoms. The number of rotatable bonds is 5. The first-order chi connectivity index (χ1) is 16.7. The number of sulfone groups is 1. The highest BCUT2D eigenvalue weighted by Crippen LogP contribution is 2.45. The van der Waals surface area contributed by atoms with Gasteiger partial charge in [0, 0.05) is 24.3 Å². The van der Waals surface area contributed by atoms with Crippen LogP contribution in [0.5, 0.6) is 0 Å². The normalized spacial score (nSPS) is 16.8. The fourth-order valence-electron chi connectivity index (χ4n) is 3.83. The molecule has 12 heteroatoms. The van der Waals surface area contributed by atoms with Crippen LogP contribution < -0.4 is 5.01 Å². The van der Waals surface area contributed by atoms with Crippen molar-refractivity contribution in [2.45, 2.75) is 29.5 Å². The molecule has 0 radical (unpaired) electrons. The molecule has 3 aromatic rings. The van der Waals surface area contributed by atoms with E-state index < -0.39 is 51.7 Å². The van der Waals surface area contributed by atoms with Crippen molar-refractivity contribution in [1.82, 2.24) is 0 Å². The molecule has 4 rings (SSSR count). The van der Waals surface area contributed by atoms with Crippen molar-refractivity contribution in [2.24, 2.45) is 5.10 Å². The zero-order valence-electron chi connectivity index (χ0n) is 18.4. The third kappa shape index (κ3) is 4.81. The molecule has 1 aliphatic heterocycles. The summed E-state index contributed by atoms with van der Waals surface area (Å²) in [6.45, 7) is 0. The van der Waals surface area contributed by atoms with Crippen molar-refractivity contribution in [3.8, 4) is 11.1 Å². The fourth-order valence-corrected chi connectivity index (χ4v) is 4.50. The molecule has 1 heterocycles. The van der Waals surface area contributed by atoms with Crippen molar-refractivity contribution in [3.63, 3.8) is 0 Å². The zero-order valence-corrected chi connectivity index (χ0v) is 19.2. The summed E-state index contributed by atoms with van der Waals surface area (Å²) in [5, 5.41) is 4.34.